The van der Waals surface area contributed by atoms with Crippen molar-refractivity contribution in [2.45, 2.75) is 19.0 Å². The summed E-state index contributed by atoms with van der Waals surface area (Å²) in [5, 5.41) is 10.6. The normalized spacial score (nSPS) is 10.4. The van der Waals surface area contributed by atoms with Crippen molar-refractivity contribution in [3.63, 3.8) is 0 Å². The molecule has 2 aromatic heterocycles. The molecular formula is C12H18N8O2S. The van der Waals surface area contributed by atoms with Gasteiger partial charge in [-0.25, -0.2) is 4.98 Å². The van der Waals surface area contributed by atoms with Gasteiger partial charge in [0, 0.05) is 13.6 Å². The summed E-state index contributed by atoms with van der Waals surface area (Å²) in [6.45, 7) is 4.75. The minimum Gasteiger partial charge on any atom is -0.465 e. The predicted molar refractivity (Wildman–Crippen MR) is 85.8 cm³/mol. The molecule has 0 aliphatic rings. The zero-order chi connectivity index (χ0) is 16.7. The number of hydrogen-bond donors (Lipinski definition) is 2. The highest BCUT2D eigenvalue weighted by Gasteiger charge is 2.11. The van der Waals surface area contributed by atoms with Crippen molar-refractivity contribution in [1.82, 2.24) is 29.7 Å². The molecule has 124 valence electrons. The SMILES string of the molecule is CCNc1nc(NC)nc(-n2cnc(SCC(=O)OCC)n2)n1. The molecule has 11 heteroatoms. The number of thioether (sulfide) groups is 1. The Balaban J connectivity index is 2.13. The zero-order valence-corrected chi connectivity index (χ0v) is 13.9. The van der Waals surface area contributed by atoms with Crippen molar-refractivity contribution in [3.8, 4) is 5.95 Å². The molecule has 0 saturated heterocycles. The first-order valence-corrected chi connectivity index (χ1v) is 8.03. The lowest BCUT2D eigenvalue weighted by atomic mass is 10.7. The second-order valence-corrected chi connectivity index (χ2v) is 5.07. The van der Waals surface area contributed by atoms with Crippen LogP contribution < -0.4 is 10.6 Å². The predicted octanol–water partition coefficient (Wildman–Crippen LogP) is 0.581. The molecule has 10 nitrogen and oxygen atoms in total. The van der Waals surface area contributed by atoms with E-state index in [1.165, 1.54) is 22.8 Å². The maximum atomic E-state index is 11.3. The monoisotopic (exact) mass is 338 g/mol. The van der Waals surface area contributed by atoms with E-state index in [2.05, 4.69) is 35.7 Å². The Hall–Kier alpha value is -2.43. The molecule has 0 unspecified atom stereocenters. The van der Waals surface area contributed by atoms with Gasteiger partial charge in [-0.2, -0.15) is 19.6 Å². The third-order valence-electron chi connectivity index (χ3n) is 2.48. The molecule has 0 aliphatic heterocycles. The first-order valence-electron chi connectivity index (χ1n) is 7.04. The van der Waals surface area contributed by atoms with Crippen LogP contribution in [-0.2, 0) is 9.53 Å². The Morgan fingerprint density at radius 3 is 2.78 bits per heavy atom. The van der Waals surface area contributed by atoms with Gasteiger partial charge >= 0.3 is 5.97 Å². The molecule has 2 N–H and O–H groups in total. The molecule has 23 heavy (non-hydrogen) atoms. The van der Waals surface area contributed by atoms with Gasteiger partial charge in [-0.3, -0.25) is 4.79 Å². The molecular weight excluding hydrogens is 320 g/mol. The van der Waals surface area contributed by atoms with Gasteiger partial charge < -0.3 is 15.4 Å². The Morgan fingerprint density at radius 2 is 2.09 bits per heavy atom. The van der Waals surface area contributed by atoms with Crippen LogP contribution in [0, 0.1) is 0 Å². The van der Waals surface area contributed by atoms with E-state index in [0.29, 0.717) is 36.2 Å². The molecule has 0 aromatic carbocycles. The van der Waals surface area contributed by atoms with Crippen LogP contribution in [0.25, 0.3) is 5.95 Å². The van der Waals surface area contributed by atoms with Crippen molar-refractivity contribution in [1.29, 1.82) is 0 Å². The third kappa shape index (κ3) is 4.77. The number of aromatic nitrogens is 6. The average Bonchev–Trinajstić information content (AvgIpc) is 3.02. The van der Waals surface area contributed by atoms with E-state index in [-0.39, 0.29) is 11.7 Å². The van der Waals surface area contributed by atoms with Crippen LogP contribution in [0.2, 0.25) is 0 Å². The van der Waals surface area contributed by atoms with E-state index in [4.69, 9.17) is 4.74 Å². The Labute approximate surface area is 137 Å². The fourth-order valence-electron chi connectivity index (χ4n) is 1.55. The highest BCUT2D eigenvalue weighted by molar-refractivity contribution is 7.99. The largest absolute Gasteiger partial charge is 0.465 e. The summed E-state index contributed by atoms with van der Waals surface area (Å²) < 4.78 is 6.28. The van der Waals surface area contributed by atoms with Gasteiger partial charge in [-0.1, -0.05) is 11.8 Å². The van der Waals surface area contributed by atoms with Crippen molar-refractivity contribution in [2.24, 2.45) is 0 Å². The topological polar surface area (TPSA) is 120 Å². The summed E-state index contributed by atoms with van der Waals surface area (Å²) in [7, 11) is 1.72. The minimum absolute atomic E-state index is 0.152. The van der Waals surface area contributed by atoms with E-state index in [0.717, 1.165) is 0 Å². The standard InChI is InChI=1S/C12H18N8O2S/c1-4-14-10-16-9(13-3)17-11(18-10)20-7-15-12(19-20)23-6-8(21)22-5-2/h7H,4-6H2,1-3H3,(H2,13,14,16,17,18). The van der Waals surface area contributed by atoms with Crippen molar-refractivity contribution >= 4 is 29.6 Å². The van der Waals surface area contributed by atoms with E-state index >= 15 is 0 Å². The number of rotatable bonds is 8. The fourth-order valence-corrected chi connectivity index (χ4v) is 2.15. The maximum Gasteiger partial charge on any atom is 0.316 e. The third-order valence-corrected chi connectivity index (χ3v) is 3.31. The first kappa shape index (κ1) is 16.9. The molecule has 0 amide bonds. The molecule has 2 rings (SSSR count). The summed E-state index contributed by atoms with van der Waals surface area (Å²) >= 11 is 1.19. The maximum absolute atomic E-state index is 11.3. The van der Waals surface area contributed by atoms with Gasteiger partial charge in [0.1, 0.15) is 6.33 Å². The van der Waals surface area contributed by atoms with Gasteiger partial charge in [0.05, 0.1) is 12.4 Å². The van der Waals surface area contributed by atoms with Gasteiger partial charge in [-0.05, 0) is 13.8 Å². The molecule has 2 heterocycles. The number of esters is 1. The Kier molecular flexibility index (Phi) is 6.09. The van der Waals surface area contributed by atoms with E-state index < -0.39 is 0 Å². The van der Waals surface area contributed by atoms with Crippen molar-refractivity contribution in [2.75, 3.05) is 36.6 Å². The molecule has 0 aliphatic carbocycles. The van der Waals surface area contributed by atoms with Crippen LogP contribution in [0.3, 0.4) is 0 Å². The molecule has 0 spiro atoms. The molecule has 0 radical (unpaired) electrons. The highest BCUT2D eigenvalue weighted by atomic mass is 32.2. The number of ether oxygens (including phenoxy) is 1. The Morgan fingerprint density at radius 1 is 1.30 bits per heavy atom. The van der Waals surface area contributed by atoms with Crippen LogP contribution >= 0.6 is 11.8 Å². The van der Waals surface area contributed by atoms with Crippen LogP contribution in [0.1, 0.15) is 13.8 Å². The summed E-state index contributed by atoms with van der Waals surface area (Å²) in [4.78, 5) is 28.1. The molecule has 2 aromatic rings. The number of hydrogen-bond acceptors (Lipinski definition) is 10. The van der Waals surface area contributed by atoms with E-state index in [1.807, 2.05) is 6.92 Å². The lowest BCUT2D eigenvalue weighted by molar-refractivity contribution is -0.139. The van der Waals surface area contributed by atoms with Gasteiger partial charge in [0.25, 0.3) is 5.95 Å². The Bertz CT molecular complexity index is 662. The summed E-state index contributed by atoms with van der Waals surface area (Å²) in [6, 6.07) is 0. The van der Waals surface area contributed by atoms with Crippen LogP contribution in [0.15, 0.2) is 11.5 Å². The quantitative estimate of drug-likeness (QED) is 0.522. The number of carbonyl (C=O) groups is 1. The van der Waals surface area contributed by atoms with Crippen molar-refractivity contribution < 1.29 is 9.53 Å². The van der Waals surface area contributed by atoms with Crippen LogP contribution in [-0.4, -0.2) is 61.6 Å². The zero-order valence-electron chi connectivity index (χ0n) is 13.1. The number of nitrogens with zero attached hydrogens (tertiary/aromatic N) is 6. The molecule has 0 saturated carbocycles. The summed E-state index contributed by atoms with van der Waals surface area (Å²) in [5.41, 5.74) is 0. The second kappa shape index (κ2) is 8.27. The smallest absolute Gasteiger partial charge is 0.316 e. The molecule has 0 fully saturated rings. The van der Waals surface area contributed by atoms with E-state index in [9.17, 15) is 4.79 Å². The van der Waals surface area contributed by atoms with Gasteiger partial charge in [-0.15, -0.1) is 5.10 Å². The highest BCUT2D eigenvalue weighted by Crippen LogP contribution is 2.14. The van der Waals surface area contributed by atoms with Crippen LogP contribution in [0.4, 0.5) is 11.9 Å². The number of carbonyl (C=O) groups excluding carboxylic acids is 1. The van der Waals surface area contributed by atoms with Gasteiger partial charge in [0.2, 0.25) is 17.1 Å². The molecule has 0 bridgehead atoms. The summed E-state index contributed by atoms with van der Waals surface area (Å²) in [6.07, 6.45) is 1.48. The lowest BCUT2D eigenvalue weighted by Crippen LogP contribution is -2.11. The van der Waals surface area contributed by atoms with Crippen molar-refractivity contribution in [3.05, 3.63) is 6.33 Å². The number of anilines is 2. The van der Waals surface area contributed by atoms with Crippen LogP contribution in [0.5, 0.6) is 0 Å². The first-order chi connectivity index (χ1) is 11.2. The summed E-state index contributed by atoms with van der Waals surface area (Å²) in [5.74, 6) is 1.04. The van der Waals surface area contributed by atoms with E-state index in [1.54, 1.807) is 14.0 Å². The second-order valence-electron chi connectivity index (χ2n) is 4.13. The molecule has 0 atom stereocenters. The minimum atomic E-state index is -0.305. The number of nitrogens with one attached hydrogen (secondary N) is 2. The lowest BCUT2D eigenvalue weighted by Gasteiger charge is -2.06. The average molecular weight is 338 g/mol. The van der Waals surface area contributed by atoms with Gasteiger partial charge in [0.15, 0.2) is 0 Å². The fraction of sp³-hybridized carbons (Fsp3) is 0.500.